The van der Waals surface area contributed by atoms with Crippen LogP contribution in [0.5, 0.6) is 5.75 Å². The summed E-state index contributed by atoms with van der Waals surface area (Å²) in [6, 6.07) is 25.3. The SMILES string of the molecule is CN1c2ccccc2C(C)(C)C12C=Cc1cc([N+](=O)[O-])cc(-c3cccc4c3oc3ccccc34)c1O2. The molecule has 1 aromatic heterocycles. The number of ether oxygens (including phenoxy) is 1. The van der Waals surface area contributed by atoms with Crippen molar-refractivity contribution < 1.29 is 14.1 Å². The van der Waals surface area contributed by atoms with E-state index in [1.54, 1.807) is 12.1 Å². The molecule has 0 fully saturated rings. The lowest BCUT2D eigenvalue weighted by atomic mass is 9.76. The number of benzene rings is 4. The Morgan fingerprint density at radius 2 is 1.65 bits per heavy atom. The molecule has 6 heteroatoms. The minimum Gasteiger partial charge on any atom is -0.462 e. The number of hydrogen-bond acceptors (Lipinski definition) is 5. The van der Waals surface area contributed by atoms with Crippen LogP contribution in [0, 0.1) is 10.1 Å². The first kappa shape index (κ1) is 21.7. The summed E-state index contributed by atoms with van der Waals surface area (Å²) < 4.78 is 13.3. The summed E-state index contributed by atoms with van der Waals surface area (Å²) in [4.78, 5) is 13.7. The van der Waals surface area contributed by atoms with Crippen molar-refractivity contribution in [3.63, 3.8) is 0 Å². The van der Waals surface area contributed by atoms with Gasteiger partial charge in [-0.05, 0) is 43.7 Å². The van der Waals surface area contributed by atoms with Gasteiger partial charge in [0.2, 0.25) is 5.72 Å². The molecule has 3 heterocycles. The van der Waals surface area contributed by atoms with Gasteiger partial charge in [0.05, 0.1) is 10.3 Å². The Hall–Kier alpha value is -4.58. The van der Waals surface area contributed by atoms with Crippen LogP contribution in [-0.2, 0) is 5.41 Å². The minimum absolute atomic E-state index is 0.00777. The van der Waals surface area contributed by atoms with Gasteiger partial charge in [0.1, 0.15) is 16.9 Å². The molecule has 4 aromatic carbocycles. The van der Waals surface area contributed by atoms with Crippen LogP contribution in [0.1, 0.15) is 25.0 Å². The van der Waals surface area contributed by atoms with Gasteiger partial charge in [-0.15, -0.1) is 0 Å². The number of anilines is 1. The molecule has 1 unspecified atom stereocenters. The number of para-hydroxylation sites is 3. The van der Waals surface area contributed by atoms with E-state index in [2.05, 4.69) is 30.9 Å². The van der Waals surface area contributed by atoms with Crippen LogP contribution < -0.4 is 9.64 Å². The van der Waals surface area contributed by atoms with Gasteiger partial charge in [-0.1, -0.05) is 54.6 Å². The average Bonchev–Trinajstić information content (AvgIpc) is 3.36. The van der Waals surface area contributed by atoms with Crippen molar-refractivity contribution >= 4 is 39.4 Å². The summed E-state index contributed by atoms with van der Waals surface area (Å²) in [6.07, 6.45) is 3.99. The van der Waals surface area contributed by atoms with E-state index in [0.717, 1.165) is 27.6 Å². The highest BCUT2D eigenvalue weighted by Crippen LogP contribution is 2.56. The van der Waals surface area contributed by atoms with Crippen molar-refractivity contribution in [2.75, 3.05) is 11.9 Å². The lowest BCUT2D eigenvalue weighted by molar-refractivity contribution is -0.384. The molecule has 7 rings (SSSR count). The van der Waals surface area contributed by atoms with Crippen molar-refractivity contribution in [1.82, 2.24) is 0 Å². The highest BCUT2D eigenvalue weighted by atomic mass is 16.6. The number of rotatable bonds is 2. The van der Waals surface area contributed by atoms with Crippen LogP contribution in [0.4, 0.5) is 11.4 Å². The van der Waals surface area contributed by atoms with Crippen LogP contribution in [-0.4, -0.2) is 17.7 Å². The first-order chi connectivity index (χ1) is 17.8. The van der Waals surface area contributed by atoms with E-state index in [9.17, 15) is 10.1 Å². The number of fused-ring (bicyclic) bond motifs is 5. The molecule has 0 saturated carbocycles. The first-order valence-electron chi connectivity index (χ1n) is 12.3. The Morgan fingerprint density at radius 1 is 0.892 bits per heavy atom. The molecule has 0 radical (unpaired) electrons. The van der Waals surface area contributed by atoms with Gasteiger partial charge in [0.15, 0.2) is 0 Å². The molecule has 0 N–H and O–H groups in total. The predicted octanol–water partition coefficient (Wildman–Crippen LogP) is 7.69. The number of furan rings is 1. The number of nitrogens with zero attached hydrogens (tertiary/aromatic N) is 2. The van der Waals surface area contributed by atoms with Gasteiger partial charge in [-0.3, -0.25) is 10.1 Å². The monoisotopic (exact) mass is 488 g/mol. The zero-order valence-corrected chi connectivity index (χ0v) is 20.7. The summed E-state index contributed by atoms with van der Waals surface area (Å²) in [6.45, 7) is 4.35. The molecule has 6 nitrogen and oxygen atoms in total. The summed E-state index contributed by atoms with van der Waals surface area (Å²) in [7, 11) is 2.04. The van der Waals surface area contributed by atoms with Crippen LogP contribution in [0.25, 0.3) is 39.1 Å². The maximum Gasteiger partial charge on any atom is 0.270 e. The predicted molar refractivity (Wildman–Crippen MR) is 146 cm³/mol. The second-order valence-corrected chi connectivity index (χ2v) is 10.3. The molecular formula is C31H24N2O4. The third kappa shape index (κ3) is 2.75. The van der Waals surface area contributed by atoms with Crippen molar-refractivity contribution in [2.24, 2.45) is 0 Å². The molecule has 2 aliphatic rings. The second kappa shape index (κ2) is 7.23. The number of nitro benzene ring substituents is 1. The van der Waals surface area contributed by atoms with Crippen molar-refractivity contribution in [3.05, 3.63) is 106 Å². The molecule has 182 valence electrons. The van der Waals surface area contributed by atoms with Gasteiger partial charge < -0.3 is 14.1 Å². The topological polar surface area (TPSA) is 68.8 Å². The fourth-order valence-corrected chi connectivity index (χ4v) is 6.13. The molecule has 1 spiro atoms. The quantitative estimate of drug-likeness (QED) is 0.188. The normalized spacial score (nSPS) is 19.3. The molecule has 2 aliphatic heterocycles. The maximum absolute atomic E-state index is 11.9. The molecular weight excluding hydrogens is 464 g/mol. The van der Waals surface area contributed by atoms with E-state index >= 15 is 0 Å². The largest absolute Gasteiger partial charge is 0.462 e. The van der Waals surface area contributed by atoms with E-state index < -0.39 is 11.1 Å². The van der Waals surface area contributed by atoms with Crippen LogP contribution in [0.3, 0.4) is 0 Å². The standard InChI is InChI=1S/C31H24N2O4/c1-30(2)25-12-5-6-13-26(25)32(3)31(30)16-15-19-17-20(33(34)35)18-24(28(19)37-31)23-11-8-10-22-21-9-4-7-14-27(21)36-29(22)23/h4-18H,1-3H3. The molecule has 1 atom stereocenters. The Morgan fingerprint density at radius 3 is 2.46 bits per heavy atom. The Labute approximate surface area is 213 Å². The average molecular weight is 489 g/mol. The van der Waals surface area contributed by atoms with Crippen LogP contribution in [0.15, 0.2) is 89.4 Å². The Kier molecular flexibility index (Phi) is 4.24. The molecule has 37 heavy (non-hydrogen) atoms. The Balaban J connectivity index is 1.50. The highest BCUT2D eigenvalue weighted by Gasteiger charge is 2.57. The molecule has 5 aromatic rings. The third-order valence-corrected chi connectivity index (χ3v) is 8.09. The maximum atomic E-state index is 11.9. The fourth-order valence-electron chi connectivity index (χ4n) is 6.13. The first-order valence-corrected chi connectivity index (χ1v) is 12.3. The van der Waals surface area contributed by atoms with Crippen molar-refractivity contribution in [3.8, 4) is 16.9 Å². The molecule has 0 amide bonds. The number of non-ortho nitro benzene ring substituents is 1. The minimum atomic E-state index is -0.809. The molecule has 0 bridgehead atoms. The van der Waals surface area contributed by atoms with Crippen molar-refractivity contribution in [1.29, 1.82) is 0 Å². The van der Waals surface area contributed by atoms with E-state index in [0.29, 0.717) is 22.5 Å². The molecule has 0 saturated heterocycles. The smallest absolute Gasteiger partial charge is 0.270 e. The zero-order valence-electron chi connectivity index (χ0n) is 20.7. The van der Waals surface area contributed by atoms with E-state index in [-0.39, 0.29) is 10.6 Å². The lowest BCUT2D eigenvalue weighted by Crippen LogP contribution is -2.58. The van der Waals surface area contributed by atoms with Gasteiger partial charge >= 0.3 is 0 Å². The summed E-state index contributed by atoms with van der Waals surface area (Å²) in [5.74, 6) is 0.605. The lowest BCUT2D eigenvalue weighted by Gasteiger charge is -2.46. The number of likely N-dealkylation sites (N-methyl/N-ethyl adjacent to an activating group) is 1. The van der Waals surface area contributed by atoms with Gasteiger partial charge in [-0.25, -0.2) is 0 Å². The van der Waals surface area contributed by atoms with Crippen molar-refractivity contribution in [2.45, 2.75) is 25.0 Å². The Bertz CT molecular complexity index is 1800. The fraction of sp³-hybridized carbons (Fsp3) is 0.161. The number of hydrogen-bond donors (Lipinski definition) is 0. The summed E-state index contributed by atoms with van der Waals surface area (Å²) in [5.41, 5.74) is 4.61. The van der Waals surface area contributed by atoms with Crippen LogP contribution in [0.2, 0.25) is 0 Å². The second-order valence-electron chi connectivity index (χ2n) is 10.3. The van der Waals surface area contributed by atoms with Crippen LogP contribution >= 0.6 is 0 Å². The zero-order chi connectivity index (χ0) is 25.5. The highest BCUT2D eigenvalue weighted by molar-refractivity contribution is 6.10. The third-order valence-electron chi connectivity index (χ3n) is 8.09. The van der Waals surface area contributed by atoms with Gasteiger partial charge in [-0.2, -0.15) is 0 Å². The van der Waals surface area contributed by atoms with Gasteiger partial charge in [0.25, 0.3) is 5.69 Å². The van der Waals surface area contributed by atoms with E-state index in [1.807, 2.05) is 73.8 Å². The number of nitro groups is 1. The van der Waals surface area contributed by atoms with E-state index in [1.165, 1.54) is 5.56 Å². The summed E-state index contributed by atoms with van der Waals surface area (Å²) >= 11 is 0. The summed E-state index contributed by atoms with van der Waals surface area (Å²) in [5, 5.41) is 13.9. The van der Waals surface area contributed by atoms with E-state index in [4.69, 9.17) is 9.15 Å². The van der Waals surface area contributed by atoms with Gasteiger partial charge in [0, 0.05) is 52.3 Å². The molecule has 0 aliphatic carbocycles.